The van der Waals surface area contributed by atoms with E-state index in [0.29, 0.717) is 18.8 Å². The minimum Gasteiger partial charge on any atom is -0.361 e. The molecule has 1 amide bonds. The summed E-state index contributed by atoms with van der Waals surface area (Å²) in [4.78, 5) is 20.5. The molecule has 0 saturated carbocycles. The Kier molecular flexibility index (Phi) is 5.35. The molecule has 2 aromatic heterocycles. The molecule has 7 heteroatoms. The third-order valence-corrected chi connectivity index (χ3v) is 4.25. The number of thiazole rings is 1. The number of aromatic nitrogens is 2. The van der Waals surface area contributed by atoms with E-state index in [9.17, 15) is 9.18 Å². The molecule has 5 nitrogen and oxygen atoms in total. The maximum atomic E-state index is 13.0. The maximum Gasteiger partial charge on any atom is 0.227 e. The number of benzene rings is 1. The minimum atomic E-state index is -0.272. The van der Waals surface area contributed by atoms with Crippen molar-refractivity contribution in [3.05, 3.63) is 59.4 Å². The molecule has 0 fully saturated rings. The second-order valence-corrected chi connectivity index (χ2v) is 6.35. The van der Waals surface area contributed by atoms with E-state index in [0.717, 1.165) is 22.0 Å². The fraction of sp³-hybridized carbons (Fsp3) is 0.167. The lowest BCUT2D eigenvalue weighted by Crippen LogP contribution is -2.16. The molecule has 3 aromatic rings. The van der Waals surface area contributed by atoms with E-state index < -0.39 is 0 Å². The Morgan fingerprint density at radius 1 is 1.20 bits per heavy atom. The predicted octanol–water partition coefficient (Wildman–Crippen LogP) is 4.09. The van der Waals surface area contributed by atoms with Gasteiger partial charge in [-0.05, 0) is 42.8 Å². The van der Waals surface area contributed by atoms with Gasteiger partial charge in [-0.2, -0.15) is 0 Å². The molecule has 128 valence electrons. The Labute approximate surface area is 149 Å². The quantitative estimate of drug-likeness (QED) is 0.698. The van der Waals surface area contributed by atoms with Gasteiger partial charge in [0, 0.05) is 30.1 Å². The van der Waals surface area contributed by atoms with Crippen LogP contribution in [0.4, 0.5) is 15.3 Å². The molecule has 0 saturated heterocycles. The molecule has 0 aliphatic carbocycles. The first-order chi connectivity index (χ1) is 12.1. The Hall–Kier alpha value is -2.80. The number of carbonyl (C=O) groups is 1. The molecular weight excluding hydrogens is 339 g/mol. The molecule has 0 aliphatic rings. The van der Waals surface area contributed by atoms with E-state index >= 15 is 0 Å². The van der Waals surface area contributed by atoms with Crippen molar-refractivity contribution in [1.82, 2.24) is 9.97 Å². The van der Waals surface area contributed by atoms with Crippen LogP contribution in [0.1, 0.15) is 12.0 Å². The van der Waals surface area contributed by atoms with Crippen LogP contribution >= 0.6 is 11.3 Å². The Bertz CT molecular complexity index is 846. The lowest BCUT2D eigenvalue weighted by Gasteiger charge is -2.05. The fourth-order valence-corrected chi connectivity index (χ4v) is 2.89. The molecule has 25 heavy (non-hydrogen) atoms. The van der Waals surface area contributed by atoms with Crippen LogP contribution in [0, 0.1) is 12.7 Å². The molecule has 1 aromatic carbocycles. The monoisotopic (exact) mass is 356 g/mol. The molecule has 0 spiro atoms. The lowest BCUT2D eigenvalue weighted by atomic mass is 10.2. The third kappa shape index (κ3) is 4.84. The summed E-state index contributed by atoms with van der Waals surface area (Å²) < 4.78 is 13.0. The van der Waals surface area contributed by atoms with Gasteiger partial charge >= 0.3 is 0 Å². The average Bonchev–Trinajstić information content (AvgIpc) is 3.06. The van der Waals surface area contributed by atoms with Gasteiger partial charge in [-0.3, -0.25) is 4.79 Å². The normalized spacial score (nSPS) is 10.5. The summed E-state index contributed by atoms with van der Waals surface area (Å²) in [6.45, 7) is 2.41. The van der Waals surface area contributed by atoms with Gasteiger partial charge in [-0.15, -0.1) is 11.3 Å². The highest BCUT2D eigenvalue weighted by molar-refractivity contribution is 7.14. The first-order valence-electron chi connectivity index (χ1n) is 7.78. The maximum absolute atomic E-state index is 13.0. The molecule has 2 N–H and O–H groups in total. The van der Waals surface area contributed by atoms with E-state index in [2.05, 4.69) is 20.6 Å². The highest BCUT2D eigenvalue weighted by Crippen LogP contribution is 2.24. The SMILES string of the molecule is Cc1ccc(NC(=O)CCNc2nc(-c3ccc(F)cc3)cs2)nc1. The first-order valence-corrected chi connectivity index (χ1v) is 8.66. The van der Waals surface area contributed by atoms with Gasteiger partial charge < -0.3 is 10.6 Å². The number of aryl methyl sites for hydroxylation is 1. The molecule has 0 radical (unpaired) electrons. The van der Waals surface area contributed by atoms with Crippen LogP contribution in [0.25, 0.3) is 11.3 Å². The molecule has 0 bridgehead atoms. The average molecular weight is 356 g/mol. The number of anilines is 2. The Morgan fingerprint density at radius 3 is 2.72 bits per heavy atom. The van der Waals surface area contributed by atoms with E-state index in [1.165, 1.54) is 23.5 Å². The summed E-state index contributed by atoms with van der Waals surface area (Å²) in [5, 5.41) is 8.49. The molecule has 0 atom stereocenters. The van der Waals surface area contributed by atoms with Crippen LogP contribution in [-0.4, -0.2) is 22.4 Å². The van der Waals surface area contributed by atoms with Crippen molar-refractivity contribution in [2.24, 2.45) is 0 Å². The van der Waals surface area contributed by atoms with Gasteiger partial charge in [-0.1, -0.05) is 6.07 Å². The molecule has 2 heterocycles. The largest absolute Gasteiger partial charge is 0.361 e. The van der Waals surface area contributed by atoms with Crippen LogP contribution in [0.15, 0.2) is 48.0 Å². The summed E-state index contributed by atoms with van der Waals surface area (Å²) in [6.07, 6.45) is 2.02. The second kappa shape index (κ2) is 7.85. The van der Waals surface area contributed by atoms with Crippen LogP contribution in [0.5, 0.6) is 0 Å². The number of nitrogens with one attached hydrogen (secondary N) is 2. The number of amides is 1. The van der Waals surface area contributed by atoms with E-state index in [1.807, 2.05) is 18.4 Å². The van der Waals surface area contributed by atoms with Crippen LogP contribution in [-0.2, 0) is 4.79 Å². The van der Waals surface area contributed by atoms with Crippen molar-refractivity contribution >= 4 is 28.2 Å². The van der Waals surface area contributed by atoms with Crippen LogP contribution < -0.4 is 10.6 Å². The van der Waals surface area contributed by atoms with Crippen molar-refractivity contribution in [2.75, 3.05) is 17.2 Å². The fourth-order valence-electron chi connectivity index (χ4n) is 2.14. The number of pyridine rings is 1. The number of hydrogen-bond donors (Lipinski definition) is 2. The number of rotatable bonds is 6. The van der Waals surface area contributed by atoms with Crippen molar-refractivity contribution in [3.8, 4) is 11.3 Å². The highest BCUT2D eigenvalue weighted by Gasteiger charge is 2.06. The Balaban J connectivity index is 1.48. The van der Waals surface area contributed by atoms with Gasteiger partial charge in [0.2, 0.25) is 5.91 Å². The molecule has 0 unspecified atom stereocenters. The van der Waals surface area contributed by atoms with Crippen LogP contribution in [0.2, 0.25) is 0 Å². The van der Waals surface area contributed by atoms with Gasteiger partial charge in [0.25, 0.3) is 0 Å². The number of halogens is 1. The number of hydrogen-bond acceptors (Lipinski definition) is 5. The second-order valence-electron chi connectivity index (χ2n) is 5.49. The summed E-state index contributed by atoms with van der Waals surface area (Å²) in [5.74, 6) is 0.161. The Morgan fingerprint density at radius 2 is 2.00 bits per heavy atom. The summed E-state index contributed by atoms with van der Waals surface area (Å²) in [5.41, 5.74) is 2.68. The zero-order valence-corrected chi connectivity index (χ0v) is 14.4. The molecular formula is C18H17FN4OS. The smallest absolute Gasteiger partial charge is 0.227 e. The predicted molar refractivity (Wildman–Crippen MR) is 98.2 cm³/mol. The molecule has 3 rings (SSSR count). The number of nitrogens with zero attached hydrogens (tertiary/aromatic N) is 2. The van der Waals surface area contributed by atoms with E-state index in [4.69, 9.17) is 0 Å². The van der Waals surface area contributed by atoms with Crippen molar-refractivity contribution < 1.29 is 9.18 Å². The number of carbonyl (C=O) groups excluding carboxylic acids is 1. The topological polar surface area (TPSA) is 66.9 Å². The summed E-state index contributed by atoms with van der Waals surface area (Å²) in [7, 11) is 0. The van der Waals surface area contributed by atoms with Gasteiger partial charge in [0.15, 0.2) is 5.13 Å². The van der Waals surface area contributed by atoms with Gasteiger partial charge in [0.05, 0.1) is 5.69 Å². The zero-order valence-electron chi connectivity index (χ0n) is 13.6. The minimum absolute atomic E-state index is 0.112. The summed E-state index contributed by atoms with van der Waals surface area (Å²) >= 11 is 1.45. The van der Waals surface area contributed by atoms with Crippen molar-refractivity contribution in [3.63, 3.8) is 0 Å². The lowest BCUT2D eigenvalue weighted by molar-refractivity contribution is -0.116. The van der Waals surface area contributed by atoms with E-state index in [-0.39, 0.29) is 11.7 Å². The third-order valence-electron chi connectivity index (χ3n) is 3.45. The standard InChI is InChI=1S/C18H17FN4OS/c1-12-2-7-16(21-10-12)23-17(24)8-9-20-18-22-15(11-25-18)13-3-5-14(19)6-4-13/h2-7,10-11H,8-9H2,1H3,(H,20,22)(H,21,23,24). The first kappa shape index (κ1) is 17.0. The summed E-state index contributed by atoms with van der Waals surface area (Å²) in [6, 6.07) is 9.87. The van der Waals surface area contributed by atoms with Gasteiger partial charge in [-0.25, -0.2) is 14.4 Å². The van der Waals surface area contributed by atoms with Crippen molar-refractivity contribution in [1.29, 1.82) is 0 Å². The van der Waals surface area contributed by atoms with E-state index in [1.54, 1.807) is 24.4 Å². The van der Waals surface area contributed by atoms with Crippen molar-refractivity contribution in [2.45, 2.75) is 13.3 Å². The highest BCUT2D eigenvalue weighted by atomic mass is 32.1. The molecule has 0 aliphatic heterocycles. The zero-order chi connectivity index (χ0) is 17.6. The van der Waals surface area contributed by atoms with Gasteiger partial charge in [0.1, 0.15) is 11.6 Å². The van der Waals surface area contributed by atoms with Crippen LogP contribution in [0.3, 0.4) is 0 Å².